The highest BCUT2D eigenvalue weighted by atomic mass is 32.1. The molecule has 2 heterocycles. The number of nitriles is 4. The zero-order valence-electron chi connectivity index (χ0n) is 13.1. The molecule has 2 aromatic heterocycles. The van der Waals surface area contributed by atoms with E-state index < -0.39 is 0 Å². The predicted octanol–water partition coefficient (Wildman–Crippen LogP) is 3.66. The van der Waals surface area contributed by atoms with E-state index in [0.29, 0.717) is 9.06 Å². The third kappa shape index (κ3) is 2.23. The van der Waals surface area contributed by atoms with Crippen molar-refractivity contribution in [1.29, 1.82) is 21.0 Å². The van der Waals surface area contributed by atoms with E-state index in [1.807, 2.05) is 60.7 Å². The van der Waals surface area contributed by atoms with Crippen molar-refractivity contribution in [2.24, 2.45) is 0 Å². The summed E-state index contributed by atoms with van der Waals surface area (Å²) in [6.07, 6.45) is 0. The standard InChI is InChI=1S/C20H6N4S2/c21-7-11(8-22)19-5-15-13-1-3-17-16(14(13)2-4-18(15)26-19)6-20(25-17)12(9-23)10-24/h1-6H. The summed E-state index contributed by atoms with van der Waals surface area (Å²) in [7, 11) is 0. The fourth-order valence-electron chi connectivity index (χ4n) is 2.96. The van der Waals surface area contributed by atoms with Crippen molar-refractivity contribution in [3.8, 4) is 24.3 Å². The lowest BCUT2D eigenvalue weighted by Gasteiger charge is -2.01. The largest absolute Gasteiger partial charge is 0.192 e. The van der Waals surface area contributed by atoms with Crippen LogP contribution in [-0.2, 0) is 0 Å². The molecule has 4 rings (SSSR count). The summed E-state index contributed by atoms with van der Waals surface area (Å²) in [5, 5.41) is 40.4. The van der Waals surface area contributed by atoms with Gasteiger partial charge in [-0.15, -0.1) is 22.7 Å². The summed E-state index contributed by atoms with van der Waals surface area (Å²) in [5.41, 5.74) is 0.223. The van der Waals surface area contributed by atoms with Crippen LogP contribution in [0.25, 0.3) is 42.1 Å². The van der Waals surface area contributed by atoms with Crippen LogP contribution in [0.5, 0.6) is 0 Å². The molecule has 4 aromatic rings. The predicted molar refractivity (Wildman–Crippen MR) is 103 cm³/mol. The molecule has 0 unspecified atom stereocenters. The molecule has 0 aliphatic heterocycles. The lowest BCUT2D eigenvalue weighted by Crippen LogP contribution is -1.94. The lowest BCUT2D eigenvalue weighted by molar-refractivity contribution is 1.51. The molecule has 0 radical (unpaired) electrons. The Bertz CT molecular complexity index is 1370. The van der Waals surface area contributed by atoms with Gasteiger partial charge in [-0.3, -0.25) is 0 Å². The van der Waals surface area contributed by atoms with Gasteiger partial charge < -0.3 is 0 Å². The quantitative estimate of drug-likeness (QED) is 0.474. The molecule has 0 N–H and O–H groups in total. The van der Waals surface area contributed by atoms with E-state index in [9.17, 15) is 0 Å². The van der Waals surface area contributed by atoms with Crippen LogP contribution in [-0.4, -0.2) is 0 Å². The summed E-state index contributed by atoms with van der Waals surface area (Å²) in [6.45, 7) is 0. The van der Waals surface area contributed by atoms with Crippen LogP contribution in [0.4, 0.5) is 0 Å². The summed E-state index contributed by atoms with van der Waals surface area (Å²) in [4.78, 5) is 0. The van der Waals surface area contributed by atoms with Crippen molar-refractivity contribution >= 4 is 64.8 Å². The molecular weight excluding hydrogens is 360 g/mol. The molecule has 0 saturated carbocycles. The van der Waals surface area contributed by atoms with Gasteiger partial charge in [-0.25, -0.2) is 0 Å². The molecule has 0 atom stereocenters. The second-order valence-corrected chi connectivity index (χ2v) is 7.64. The maximum atomic E-state index is 9.10. The van der Waals surface area contributed by atoms with E-state index in [1.54, 1.807) is 0 Å². The van der Waals surface area contributed by atoms with Crippen LogP contribution in [0.2, 0.25) is 0 Å². The second-order valence-electron chi connectivity index (χ2n) is 5.47. The minimum Gasteiger partial charge on any atom is -0.192 e. The van der Waals surface area contributed by atoms with Crippen molar-refractivity contribution in [3.63, 3.8) is 0 Å². The Morgan fingerprint density at radius 3 is 1.31 bits per heavy atom. The van der Waals surface area contributed by atoms with Crippen LogP contribution < -0.4 is 9.06 Å². The number of hydrogen-bond donors (Lipinski definition) is 0. The Kier molecular flexibility index (Phi) is 3.65. The molecule has 0 fully saturated rings. The minimum absolute atomic E-state index is 0.112. The van der Waals surface area contributed by atoms with Gasteiger partial charge in [0.1, 0.15) is 35.4 Å². The molecule has 4 nitrogen and oxygen atoms in total. The summed E-state index contributed by atoms with van der Waals surface area (Å²) < 4.78 is 3.33. The zero-order valence-corrected chi connectivity index (χ0v) is 14.7. The number of hydrogen-bond acceptors (Lipinski definition) is 6. The molecule has 0 amide bonds. The number of thiophene rings is 2. The average Bonchev–Trinajstić information content (AvgIpc) is 3.27. The smallest absolute Gasteiger partial charge is 0.146 e. The van der Waals surface area contributed by atoms with Crippen LogP contribution in [0, 0.1) is 45.3 Å². The summed E-state index contributed by atoms with van der Waals surface area (Å²) in [6, 6.07) is 19.5. The zero-order chi connectivity index (χ0) is 18.3. The molecule has 0 bridgehead atoms. The summed E-state index contributed by atoms with van der Waals surface area (Å²) >= 11 is 2.84. The first-order chi connectivity index (χ1) is 12.7. The van der Waals surface area contributed by atoms with Crippen LogP contribution >= 0.6 is 22.7 Å². The first-order valence-corrected chi connectivity index (χ1v) is 9.07. The third-order valence-electron chi connectivity index (χ3n) is 4.13. The van der Waals surface area contributed by atoms with Gasteiger partial charge in [0.15, 0.2) is 0 Å². The highest BCUT2D eigenvalue weighted by Crippen LogP contribution is 2.33. The first kappa shape index (κ1) is 15.8. The van der Waals surface area contributed by atoms with Crippen molar-refractivity contribution < 1.29 is 0 Å². The maximum Gasteiger partial charge on any atom is 0.146 e. The average molecular weight is 366 g/mol. The van der Waals surface area contributed by atoms with Crippen molar-refractivity contribution in [2.75, 3.05) is 0 Å². The Morgan fingerprint density at radius 1 is 0.577 bits per heavy atom. The van der Waals surface area contributed by atoms with E-state index in [0.717, 1.165) is 30.9 Å². The van der Waals surface area contributed by atoms with Crippen molar-refractivity contribution in [2.45, 2.75) is 0 Å². The molecule has 0 saturated heterocycles. The number of benzene rings is 2. The van der Waals surface area contributed by atoms with Gasteiger partial charge in [-0.05, 0) is 35.0 Å². The molecule has 26 heavy (non-hydrogen) atoms. The fraction of sp³-hybridized carbons (Fsp3) is 0. The maximum absolute atomic E-state index is 9.10. The molecule has 0 aliphatic carbocycles. The van der Waals surface area contributed by atoms with Crippen molar-refractivity contribution in [1.82, 2.24) is 0 Å². The van der Waals surface area contributed by atoms with Gasteiger partial charge in [-0.1, -0.05) is 12.1 Å². The van der Waals surface area contributed by atoms with Gasteiger partial charge >= 0.3 is 0 Å². The monoisotopic (exact) mass is 366 g/mol. The van der Waals surface area contributed by atoms with Gasteiger partial charge in [0.2, 0.25) is 0 Å². The Balaban J connectivity index is 2.17. The normalized spacial score (nSPS) is 10.2. The molecule has 0 spiro atoms. The van der Waals surface area contributed by atoms with Crippen LogP contribution in [0.15, 0.2) is 36.4 Å². The molecular formula is C20H6N4S2. The van der Waals surface area contributed by atoms with Crippen LogP contribution in [0.3, 0.4) is 0 Å². The van der Waals surface area contributed by atoms with Gasteiger partial charge in [0.05, 0.1) is 9.06 Å². The Hall–Kier alpha value is -3.68. The second kappa shape index (κ2) is 5.99. The number of nitrogens with zero attached hydrogens (tertiary/aromatic N) is 4. The molecule has 118 valence electrons. The highest BCUT2D eigenvalue weighted by molar-refractivity contribution is 7.18. The summed E-state index contributed by atoms with van der Waals surface area (Å²) in [5.74, 6) is 0. The number of rotatable bonds is 0. The Morgan fingerprint density at radius 2 is 0.962 bits per heavy atom. The topological polar surface area (TPSA) is 95.2 Å². The minimum atomic E-state index is 0.112. The molecule has 6 heteroatoms. The Labute approximate surface area is 155 Å². The van der Waals surface area contributed by atoms with Crippen LogP contribution in [0.1, 0.15) is 0 Å². The van der Waals surface area contributed by atoms with E-state index in [-0.39, 0.29) is 11.1 Å². The molecule has 0 aliphatic rings. The van der Waals surface area contributed by atoms with Gasteiger partial charge in [0, 0.05) is 20.2 Å². The SMILES string of the molecule is N#CC(C#N)=c1cc2c(ccc3c4cc(=C(C#N)C#N)sc4ccc23)s1. The highest BCUT2D eigenvalue weighted by Gasteiger charge is 2.10. The lowest BCUT2D eigenvalue weighted by atomic mass is 10.0. The van der Waals surface area contributed by atoms with E-state index >= 15 is 0 Å². The molecule has 2 aromatic carbocycles. The van der Waals surface area contributed by atoms with Crippen molar-refractivity contribution in [3.05, 3.63) is 45.5 Å². The van der Waals surface area contributed by atoms with Gasteiger partial charge in [-0.2, -0.15) is 21.0 Å². The van der Waals surface area contributed by atoms with E-state index in [4.69, 9.17) is 21.0 Å². The number of fused-ring (bicyclic) bond motifs is 5. The van der Waals surface area contributed by atoms with E-state index in [1.165, 1.54) is 22.7 Å². The first-order valence-electron chi connectivity index (χ1n) is 7.44. The van der Waals surface area contributed by atoms with Gasteiger partial charge in [0.25, 0.3) is 0 Å². The third-order valence-corrected chi connectivity index (χ3v) is 6.37. The van der Waals surface area contributed by atoms with E-state index in [2.05, 4.69) is 0 Å². The fourth-order valence-corrected chi connectivity index (χ4v) is 5.01.